The van der Waals surface area contributed by atoms with Gasteiger partial charge < -0.3 is 9.53 Å². The molecular weight excluding hydrogens is 128 g/mol. The van der Waals surface area contributed by atoms with Gasteiger partial charge in [0.25, 0.3) is 0 Å². The quantitative estimate of drug-likeness (QED) is 0.545. The predicted octanol–water partition coefficient (Wildman–Crippen LogP) is 1.66. The maximum absolute atomic E-state index is 10.2. The molecule has 1 aliphatic heterocycles. The molecule has 0 aromatic rings. The lowest BCUT2D eigenvalue weighted by atomic mass is 9.95. The van der Waals surface area contributed by atoms with Crippen LogP contribution in [0.1, 0.15) is 26.2 Å². The second-order valence-corrected chi connectivity index (χ2v) is 2.85. The minimum Gasteiger partial charge on any atom is -0.495 e. The Morgan fingerprint density at radius 1 is 1.80 bits per heavy atom. The van der Waals surface area contributed by atoms with E-state index in [1.165, 1.54) is 0 Å². The van der Waals surface area contributed by atoms with Crippen molar-refractivity contribution in [2.24, 2.45) is 0 Å². The first-order chi connectivity index (χ1) is 4.77. The zero-order chi connectivity index (χ0) is 7.45. The van der Waals surface area contributed by atoms with Crippen LogP contribution in [0, 0.1) is 0 Å². The monoisotopic (exact) mass is 140 g/mol. The Hall–Kier alpha value is -0.790. The van der Waals surface area contributed by atoms with Crippen LogP contribution in [0.2, 0.25) is 0 Å². The van der Waals surface area contributed by atoms with E-state index >= 15 is 0 Å². The van der Waals surface area contributed by atoms with Crippen LogP contribution in [0.3, 0.4) is 0 Å². The van der Waals surface area contributed by atoms with Gasteiger partial charge in [-0.25, -0.2) is 0 Å². The molecule has 0 aliphatic carbocycles. The first-order valence-corrected chi connectivity index (χ1v) is 3.53. The van der Waals surface area contributed by atoms with E-state index in [-0.39, 0.29) is 5.60 Å². The fourth-order valence-electron chi connectivity index (χ4n) is 1.05. The van der Waals surface area contributed by atoms with Crippen molar-refractivity contribution in [1.29, 1.82) is 0 Å². The molecule has 0 aromatic carbocycles. The maximum atomic E-state index is 10.2. The second-order valence-electron chi connectivity index (χ2n) is 2.85. The SMILES string of the molecule is CC1(CC=O)CCC=CO1. The van der Waals surface area contributed by atoms with Crippen molar-refractivity contribution in [3.63, 3.8) is 0 Å². The van der Waals surface area contributed by atoms with Crippen LogP contribution < -0.4 is 0 Å². The summed E-state index contributed by atoms with van der Waals surface area (Å²) in [6, 6.07) is 0. The van der Waals surface area contributed by atoms with Crippen molar-refractivity contribution >= 4 is 6.29 Å². The molecule has 0 bridgehead atoms. The van der Waals surface area contributed by atoms with Crippen LogP contribution in [0.4, 0.5) is 0 Å². The minimum absolute atomic E-state index is 0.226. The molecule has 0 saturated carbocycles. The summed E-state index contributed by atoms with van der Waals surface area (Å²) in [7, 11) is 0. The summed E-state index contributed by atoms with van der Waals surface area (Å²) in [6.45, 7) is 1.96. The molecule has 0 N–H and O–H groups in total. The second kappa shape index (κ2) is 2.86. The van der Waals surface area contributed by atoms with Gasteiger partial charge in [-0.1, -0.05) is 0 Å². The molecule has 0 saturated heterocycles. The van der Waals surface area contributed by atoms with Gasteiger partial charge in [-0.2, -0.15) is 0 Å². The summed E-state index contributed by atoms with van der Waals surface area (Å²) in [4.78, 5) is 10.2. The molecule has 2 nitrogen and oxygen atoms in total. The number of hydrogen-bond donors (Lipinski definition) is 0. The van der Waals surface area contributed by atoms with Crippen molar-refractivity contribution in [1.82, 2.24) is 0 Å². The Labute approximate surface area is 60.9 Å². The maximum Gasteiger partial charge on any atom is 0.123 e. The molecule has 2 heteroatoms. The molecule has 1 heterocycles. The molecule has 10 heavy (non-hydrogen) atoms. The molecule has 0 fully saturated rings. The minimum atomic E-state index is -0.226. The summed E-state index contributed by atoms with van der Waals surface area (Å²) in [5.41, 5.74) is -0.226. The molecule has 0 amide bonds. The number of rotatable bonds is 2. The predicted molar refractivity (Wildman–Crippen MR) is 38.5 cm³/mol. The van der Waals surface area contributed by atoms with E-state index in [1.807, 2.05) is 13.0 Å². The van der Waals surface area contributed by atoms with Crippen molar-refractivity contribution in [3.8, 4) is 0 Å². The zero-order valence-corrected chi connectivity index (χ0v) is 6.17. The molecule has 0 spiro atoms. The van der Waals surface area contributed by atoms with Gasteiger partial charge in [-0.05, 0) is 25.8 Å². The number of allylic oxidation sites excluding steroid dienone is 1. The smallest absolute Gasteiger partial charge is 0.123 e. The number of aldehydes is 1. The highest BCUT2D eigenvalue weighted by Gasteiger charge is 2.25. The summed E-state index contributed by atoms with van der Waals surface area (Å²) in [5.74, 6) is 0. The number of hydrogen-bond acceptors (Lipinski definition) is 2. The Morgan fingerprint density at radius 3 is 3.10 bits per heavy atom. The lowest BCUT2D eigenvalue weighted by molar-refractivity contribution is -0.112. The Balaban J connectivity index is 2.50. The van der Waals surface area contributed by atoms with Gasteiger partial charge in [0.05, 0.1) is 6.26 Å². The number of carbonyl (C=O) groups is 1. The molecule has 1 atom stereocenters. The molecule has 1 rings (SSSR count). The van der Waals surface area contributed by atoms with E-state index in [9.17, 15) is 4.79 Å². The highest BCUT2D eigenvalue weighted by atomic mass is 16.5. The van der Waals surface area contributed by atoms with Crippen LogP contribution in [-0.4, -0.2) is 11.9 Å². The van der Waals surface area contributed by atoms with E-state index in [0.29, 0.717) is 6.42 Å². The Bertz CT molecular complexity index is 151. The largest absolute Gasteiger partial charge is 0.495 e. The normalized spacial score (nSPS) is 31.3. The first-order valence-electron chi connectivity index (χ1n) is 3.53. The molecule has 0 aromatic heterocycles. The highest BCUT2D eigenvalue weighted by Crippen LogP contribution is 2.24. The molecular formula is C8H12O2. The van der Waals surface area contributed by atoms with E-state index in [4.69, 9.17) is 4.74 Å². The molecule has 1 unspecified atom stereocenters. The summed E-state index contributed by atoms with van der Waals surface area (Å²) >= 11 is 0. The average Bonchev–Trinajstić information content (AvgIpc) is 1.89. The van der Waals surface area contributed by atoms with Gasteiger partial charge in [-0.15, -0.1) is 0 Å². The first kappa shape index (κ1) is 7.32. The van der Waals surface area contributed by atoms with Crippen LogP contribution in [0.15, 0.2) is 12.3 Å². The lowest BCUT2D eigenvalue weighted by Gasteiger charge is -2.29. The van der Waals surface area contributed by atoms with Gasteiger partial charge in [-0.3, -0.25) is 0 Å². The fourth-order valence-corrected chi connectivity index (χ4v) is 1.05. The Kier molecular flexibility index (Phi) is 2.10. The van der Waals surface area contributed by atoms with Gasteiger partial charge in [0.1, 0.15) is 11.9 Å². The van der Waals surface area contributed by atoms with Gasteiger partial charge in [0.15, 0.2) is 0 Å². The third kappa shape index (κ3) is 1.59. The van der Waals surface area contributed by atoms with Crippen molar-refractivity contribution < 1.29 is 9.53 Å². The van der Waals surface area contributed by atoms with Crippen molar-refractivity contribution in [2.45, 2.75) is 31.8 Å². The van der Waals surface area contributed by atoms with Crippen molar-refractivity contribution in [3.05, 3.63) is 12.3 Å². The van der Waals surface area contributed by atoms with Gasteiger partial charge in [0.2, 0.25) is 0 Å². The van der Waals surface area contributed by atoms with Gasteiger partial charge >= 0.3 is 0 Å². The fraction of sp³-hybridized carbons (Fsp3) is 0.625. The van der Waals surface area contributed by atoms with E-state index < -0.39 is 0 Å². The van der Waals surface area contributed by atoms with Gasteiger partial charge in [0, 0.05) is 6.42 Å². The molecule has 56 valence electrons. The topological polar surface area (TPSA) is 26.3 Å². The summed E-state index contributed by atoms with van der Waals surface area (Å²) in [5, 5.41) is 0. The highest BCUT2D eigenvalue weighted by molar-refractivity contribution is 5.51. The Morgan fingerprint density at radius 2 is 2.60 bits per heavy atom. The average molecular weight is 140 g/mol. The number of ether oxygens (including phenoxy) is 1. The van der Waals surface area contributed by atoms with E-state index in [0.717, 1.165) is 19.1 Å². The van der Waals surface area contributed by atoms with Crippen LogP contribution in [0.5, 0.6) is 0 Å². The summed E-state index contributed by atoms with van der Waals surface area (Å²) < 4.78 is 5.29. The van der Waals surface area contributed by atoms with E-state index in [1.54, 1.807) is 6.26 Å². The standard InChI is InChI=1S/C8H12O2/c1-8(5-6-9)4-2-3-7-10-8/h3,6-7H,2,4-5H2,1H3. The summed E-state index contributed by atoms with van der Waals surface area (Å²) in [6.07, 6.45) is 7.04. The number of carbonyl (C=O) groups excluding carboxylic acids is 1. The molecule has 1 aliphatic rings. The third-order valence-electron chi connectivity index (χ3n) is 1.80. The van der Waals surface area contributed by atoms with Crippen LogP contribution in [0.25, 0.3) is 0 Å². The lowest BCUT2D eigenvalue weighted by Crippen LogP contribution is -2.28. The third-order valence-corrected chi connectivity index (χ3v) is 1.80. The van der Waals surface area contributed by atoms with Crippen LogP contribution >= 0.6 is 0 Å². The zero-order valence-electron chi connectivity index (χ0n) is 6.17. The van der Waals surface area contributed by atoms with Crippen molar-refractivity contribution in [2.75, 3.05) is 0 Å². The molecule has 0 radical (unpaired) electrons. The van der Waals surface area contributed by atoms with E-state index in [2.05, 4.69) is 0 Å². The van der Waals surface area contributed by atoms with Crippen LogP contribution in [-0.2, 0) is 9.53 Å².